The molecule has 1 amide bonds. The minimum absolute atomic E-state index is 0. The number of hydrogen-bond acceptors (Lipinski definition) is 4. The van der Waals surface area contributed by atoms with Gasteiger partial charge in [0.1, 0.15) is 5.69 Å². The lowest BCUT2D eigenvalue weighted by Crippen LogP contribution is -2.52. The fourth-order valence-electron chi connectivity index (χ4n) is 1.47. The Morgan fingerprint density at radius 3 is 2.75 bits per heavy atom. The quantitative estimate of drug-likeness (QED) is 0.770. The SMILES string of the molecule is Cl.O=C(NN1CCNCC1)c1ccccn1. The Hall–Kier alpha value is -1.17. The van der Waals surface area contributed by atoms with Crippen molar-refractivity contribution in [1.82, 2.24) is 20.7 Å². The van der Waals surface area contributed by atoms with Gasteiger partial charge in [0.15, 0.2) is 0 Å². The zero-order valence-corrected chi connectivity index (χ0v) is 9.67. The monoisotopic (exact) mass is 242 g/mol. The van der Waals surface area contributed by atoms with Gasteiger partial charge in [0.2, 0.25) is 0 Å². The van der Waals surface area contributed by atoms with Crippen LogP contribution >= 0.6 is 12.4 Å². The first-order chi connectivity index (χ1) is 7.36. The Balaban J connectivity index is 0.00000128. The first-order valence-corrected chi connectivity index (χ1v) is 5.04. The van der Waals surface area contributed by atoms with Crippen LogP contribution in [0.4, 0.5) is 0 Å². The minimum Gasteiger partial charge on any atom is -0.314 e. The topological polar surface area (TPSA) is 57.3 Å². The molecule has 5 nitrogen and oxygen atoms in total. The van der Waals surface area contributed by atoms with Crippen molar-refractivity contribution in [2.45, 2.75) is 0 Å². The van der Waals surface area contributed by atoms with Gasteiger partial charge in [-0.25, -0.2) is 5.01 Å². The van der Waals surface area contributed by atoms with Crippen molar-refractivity contribution in [2.75, 3.05) is 26.2 Å². The number of amides is 1. The van der Waals surface area contributed by atoms with E-state index in [4.69, 9.17) is 0 Å². The van der Waals surface area contributed by atoms with Crippen LogP contribution in [0.25, 0.3) is 0 Å². The molecule has 1 fully saturated rings. The molecule has 1 aliphatic rings. The third-order valence-electron chi connectivity index (χ3n) is 2.27. The Morgan fingerprint density at radius 2 is 2.12 bits per heavy atom. The van der Waals surface area contributed by atoms with Gasteiger partial charge in [-0.15, -0.1) is 12.4 Å². The van der Waals surface area contributed by atoms with Crippen molar-refractivity contribution in [3.05, 3.63) is 30.1 Å². The predicted molar refractivity (Wildman–Crippen MR) is 63.4 cm³/mol. The highest BCUT2D eigenvalue weighted by Crippen LogP contribution is 1.95. The normalized spacial score (nSPS) is 16.2. The highest BCUT2D eigenvalue weighted by Gasteiger charge is 2.13. The van der Waals surface area contributed by atoms with Gasteiger partial charge in [0, 0.05) is 32.4 Å². The molecule has 2 rings (SSSR count). The third kappa shape index (κ3) is 3.44. The first-order valence-electron chi connectivity index (χ1n) is 5.04. The Bertz CT molecular complexity index is 327. The molecule has 1 aliphatic heterocycles. The van der Waals surface area contributed by atoms with Crippen LogP contribution in [0.3, 0.4) is 0 Å². The summed E-state index contributed by atoms with van der Waals surface area (Å²) in [6, 6.07) is 5.30. The van der Waals surface area contributed by atoms with Gasteiger partial charge in [0.25, 0.3) is 5.91 Å². The molecule has 0 aliphatic carbocycles. The van der Waals surface area contributed by atoms with Gasteiger partial charge in [-0.3, -0.25) is 15.2 Å². The van der Waals surface area contributed by atoms with Gasteiger partial charge in [-0.1, -0.05) is 6.07 Å². The molecule has 0 saturated carbocycles. The lowest BCUT2D eigenvalue weighted by Gasteiger charge is -2.27. The number of hydrazine groups is 1. The molecule has 6 heteroatoms. The number of aromatic nitrogens is 1. The molecule has 88 valence electrons. The van der Waals surface area contributed by atoms with E-state index in [9.17, 15) is 4.79 Å². The molecule has 0 atom stereocenters. The maximum Gasteiger partial charge on any atom is 0.284 e. The number of rotatable bonds is 2. The second kappa shape index (κ2) is 6.42. The van der Waals surface area contributed by atoms with Crippen molar-refractivity contribution >= 4 is 18.3 Å². The van der Waals surface area contributed by atoms with Crippen LogP contribution in [0.1, 0.15) is 10.5 Å². The molecule has 0 aromatic carbocycles. The van der Waals surface area contributed by atoms with Crippen molar-refractivity contribution < 1.29 is 4.79 Å². The van der Waals surface area contributed by atoms with Crippen LogP contribution in [-0.2, 0) is 0 Å². The van der Waals surface area contributed by atoms with Crippen molar-refractivity contribution in [1.29, 1.82) is 0 Å². The Morgan fingerprint density at radius 1 is 1.38 bits per heavy atom. The number of pyridine rings is 1. The number of nitrogens with one attached hydrogen (secondary N) is 2. The maximum atomic E-state index is 11.7. The summed E-state index contributed by atoms with van der Waals surface area (Å²) in [6.07, 6.45) is 1.62. The summed E-state index contributed by atoms with van der Waals surface area (Å²) < 4.78 is 0. The van der Waals surface area contributed by atoms with Crippen molar-refractivity contribution in [3.8, 4) is 0 Å². The fraction of sp³-hybridized carbons (Fsp3) is 0.400. The predicted octanol–water partition coefficient (Wildman–Crippen LogP) is 0.0534. The highest BCUT2D eigenvalue weighted by molar-refractivity contribution is 5.91. The van der Waals surface area contributed by atoms with Crippen molar-refractivity contribution in [2.24, 2.45) is 0 Å². The largest absolute Gasteiger partial charge is 0.314 e. The summed E-state index contributed by atoms with van der Waals surface area (Å²) in [5.41, 5.74) is 3.28. The average molecular weight is 243 g/mol. The lowest BCUT2D eigenvalue weighted by atomic mass is 10.3. The second-order valence-corrected chi connectivity index (χ2v) is 3.39. The van der Waals surface area contributed by atoms with Gasteiger partial charge in [-0.05, 0) is 12.1 Å². The van der Waals surface area contributed by atoms with Crippen LogP contribution in [0, 0.1) is 0 Å². The summed E-state index contributed by atoms with van der Waals surface area (Å²) >= 11 is 0. The van der Waals surface area contributed by atoms with E-state index < -0.39 is 0 Å². The molecular formula is C10H15ClN4O. The molecule has 2 N–H and O–H groups in total. The van der Waals surface area contributed by atoms with E-state index in [0.717, 1.165) is 26.2 Å². The van der Waals surface area contributed by atoms with E-state index in [-0.39, 0.29) is 18.3 Å². The van der Waals surface area contributed by atoms with Crippen LogP contribution in [0.2, 0.25) is 0 Å². The Kier molecular flexibility index (Phi) is 5.18. The van der Waals surface area contributed by atoms with Gasteiger partial charge in [-0.2, -0.15) is 0 Å². The lowest BCUT2D eigenvalue weighted by molar-refractivity contribution is 0.0759. The maximum absolute atomic E-state index is 11.7. The zero-order chi connectivity index (χ0) is 10.5. The van der Waals surface area contributed by atoms with Crippen LogP contribution in [0.15, 0.2) is 24.4 Å². The van der Waals surface area contributed by atoms with Crippen LogP contribution < -0.4 is 10.7 Å². The minimum atomic E-state index is -0.141. The summed E-state index contributed by atoms with van der Waals surface area (Å²) in [7, 11) is 0. The van der Waals surface area contributed by atoms with Gasteiger partial charge >= 0.3 is 0 Å². The van der Waals surface area contributed by atoms with E-state index >= 15 is 0 Å². The molecule has 16 heavy (non-hydrogen) atoms. The first kappa shape index (κ1) is 12.9. The smallest absolute Gasteiger partial charge is 0.284 e. The molecule has 1 aromatic heterocycles. The van der Waals surface area contributed by atoms with Crippen LogP contribution in [-0.4, -0.2) is 42.1 Å². The van der Waals surface area contributed by atoms with Crippen LogP contribution in [0.5, 0.6) is 0 Å². The number of hydrogen-bond donors (Lipinski definition) is 2. The van der Waals surface area contributed by atoms with Gasteiger partial charge in [0.05, 0.1) is 0 Å². The number of nitrogens with zero attached hydrogens (tertiary/aromatic N) is 2. The zero-order valence-electron chi connectivity index (χ0n) is 8.85. The summed E-state index contributed by atoms with van der Waals surface area (Å²) in [4.78, 5) is 15.7. The molecule has 0 spiro atoms. The van der Waals surface area contributed by atoms with E-state index in [2.05, 4.69) is 15.7 Å². The molecular weight excluding hydrogens is 228 g/mol. The molecule has 1 saturated heterocycles. The third-order valence-corrected chi connectivity index (χ3v) is 2.27. The summed E-state index contributed by atoms with van der Waals surface area (Å²) in [5.74, 6) is -0.141. The number of halogens is 1. The number of carbonyl (C=O) groups is 1. The number of piperazine rings is 1. The second-order valence-electron chi connectivity index (χ2n) is 3.39. The Labute approximate surface area is 101 Å². The molecule has 1 aromatic rings. The van der Waals surface area contributed by atoms with E-state index in [1.807, 2.05) is 5.01 Å². The van der Waals surface area contributed by atoms with E-state index in [0.29, 0.717) is 5.69 Å². The summed E-state index contributed by atoms with van der Waals surface area (Å²) in [6.45, 7) is 3.47. The molecule has 2 heterocycles. The average Bonchev–Trinajstić information content (AvgIpc) is 2.31. The van der Waals surface area contributed by atoms with Crippen molar-refractivity contribution in [3.63, 3.8) is 0 Å². The summed E-state index contributed by atoms with van der Waals surface area (Å²) in [5, 5.41) is 5.13. The standard InChI is InChI=1S/C10H14N4O.ClH/c15-10(9-3-1-2-4-12-9)13-14-7-5-11-6-8-14;/h1-4,11H,5-8H2,(H,13,15);1H. The molecule has 0 radical (unpaired) electrons. The fourth-order valence-corrected chi connectivity index (χ4v) is 1.47. The van der Waals surface area contributed by atoms with E-state index in [1.54, 1.807) is 24.4 Å². The molecule has 0 bridgehead atoms. The molecule has 0 unspecified atom stereocenters. The number of carbonyl (C=O) groups excluding carboxylic acids is 1. The highest BCUT2D eigenvalue weighted by atomic mass is 35.5. The van der Waals surface area contributed by atoms with E-state index in [1.165, 1.54) is 0 Å². The van der Waals surface area contributed by atoms with Gasteiger partial charge < -0.3 is 5.32 Å².